The molecule has 0 N–H and O–H groups in total. The largest absolute Gasteiger partial charge is 0.494 e. The second-order valence-corrected chi connectivity index (χ2v) is 8.91. The Morgan fingerprint density at radius 3 is 2.50 bits per heavy atom. The van der Waals surface area contributed by atoms with E-state index in [4.69, 9.17) is 26.4 Å². The Labute approximate surface area is 207 Å². The zero-order valence-electron chi connectivity index (χ0n) is 18.6. The van der Waals surface area contributed by atoms with Crippen molar-refractivity contribution in [2.24, 2.45) is 0 Å². The van der Waals surface area contributed by atoms with Gasteiger partial charge in [-0.25, -0.2) is 4.39 Å². The maximum atomic E-state index is 13.9. The molecule has 3 aromatic rings. The minimum atomic E-state index is -0.326. The fraction of sp³-hybridized carbons (Fsp3) is 0.154. The van der Waals surface area contributed by atoms with Crippen molar-refractivity contribution in [1.29, 1.82) is 0 Å². The molecule has 3 aromatic carbocycles. The number of halogens is 1. The van der Waals surface area contributed by atoms with Gasteiger partial charge in [-0.1, -0.05) is 48.2 Å². The molecule has 1 saturated heterocycles. The van der Waals surface area contributed by atoms with E-state index in [1.807, 2.05) is 37.3 Å². The molecule has 1 fully saturated rings. The SMILES string of the molecule is CCOc1ccc(N2C(=O)/C(=C\c3ccc(OCc4ccccc4F)c(OC)c3)SC2=S)cc1. The van der Waals surface area contributed by atoms with E-state index in [9.17, 15) is 9.18 Å². The van der Waals surface area contributed by atoms with Gasteiger partial charge in [-0.2, -0.15) is 0 Å². The molecule has 0 spiro atoms. The van der Waals surface area contributed by atoms with Crippen molar-refractivity contribution < 1.29 is 23.4 Å². The average Bonchev–Trinajstić information content (AvgIpc) is 3.12. The van der Waals surface area contributed by atoms with Crippen LogP contribution in [-0.2, 0) is 11.4 Å². The molecule has 5 nitrogen and oxygen atoms in total. The summed E-state index contributed by atoms with van der Waals surface area (Å²) in [5.41, 5.74) is 1.89. The van der Waals surface area contributed by atoms with E-state index in [0.717, 1.165) is 11.3 Å². The first-order chi connectivity index (χ1) is 16.5. The van der Waals surface area contributed by atoms with Gasteiger partial charge >= 0.3 is 0 Å². The zero-order valence-corrected chi connectivity index (χ0v) is 20.3. The summed E-state index contributed by atoms with van der Waals surface area (Å²) >= 11 is 6.70. The summed E-state index contributed by atoms with van der Waals surface area (Å²) in [6.07, 6.45) is 1.76. The van der Waals surface area contributed by atoms with Crippen LogP contribution < -0.4 is 19.1 Å². The predicted octanol–water partition coefficient (Wildman–Crippen LogP) is 6.22. The van der Waals surface area contributed by atoms with Gasteiger partial charge in [-0.05, 0) is 61.0 Å². The van der Waals surface area contributed by atoms with Gasteiger partial charge in [0.15, 0.2) is 15.8 Å². The van der Waals surface area contributed by atoms with Crippen LogP contribution in [0.25, 0.3) is 6.08 Å². The van der Waals surface area contributed by atoms with Crippen molar-refractivity contribution in [2.45, 2.75) is 13.5 Å². The molecule has 1 aliphatic rings. The van der Waals surface area contributed by atoms with Crippen molar-refractivity contribution in [3.63, 3.8) is 0 Å². The van der Waals surface area contributed by atoms with E-state index in [0.29, 0.717) is 38.6 Å². The lowest BCUT2D eigenvalue weighted by Gasteiger charge is -2.15. The number of methoxy groups -OCH3 is 1. The van der Waals surface area contributed by atoms with Crippen LogP contribution in [0.1, 0.15) is 18.1 Å². The molecule has 1 amide bonds. The Hall–Kier alpha value is -3.36. The van der Waals surface area contributed by atoms with Gasteiger partial charge in [0.25, 0.3) is 5.91 Å². The number of benzene rings is 3. The Morgan fingerprint density at radius 1 is 1.03 bits per heavy atom. The fourth-order valence-corrected chi connectivity index (χ4v) is 4.66. The standard InChI is InChI=1S/C26H22FNO4S2/c1-3-31-20-11-9-19(10-12-20)28-25(29)24(34-26(28)33)15-17-8-13-22(23(14-17)30-2)32-16-18-6-4-5-7-21(18)27/h4-15H,3,16H2,1-2H3/b24-15+. The van der Waals surface area contributed by atoms with Crippen LogP contribution in [0, 0.1) is 5.82 Å². The molecule has 0 atom stereocenters. The highest BCUT2D eigenvalue weighted by molar-refractivity contribution is 8.27. The molecule has 0 aliphatic carbocycles. The van der Waals surface area contributed by atoms with Crippen LogP contribution in [0.4, 0.5) is 10.1 Å². The van der Waals surface area contributed by atoms with Gasteiger partial charge in [0.1, 0.15) is 18.2 Å². The number of amides is 1. The molecule has 8 heteroatoms. The predicted molar refractivity (Wildman–Crippen MR) is 137 cm³/mol. The van der Waals surface area contributed by atoms with E-state index in [2.05, 4.69) is 0 Å². The number of hydrogen-bond donors (Lipinski definition) is 0. The molecule has 1 heterocycles. The lowest BCUT2D eigenvalue weighted by molar-refractivity contribution is -0.113. The zero-order chi connectivity index (χ0) is 24.1. The summed E-state index contributed by atoms with van der Waals surface area (Å²) < 4.78 is 31.0. The van der Waals surface area contributed by atoms with Crippen molar-refractivity contribution in [3.05, 3.63) is 88.6 Å². The Balaban J connectivity index is 1.51. The molecule has 0 aromatic heterocycles. The lowest BCUT2D eigenvalue weighted by Crippen LogP contribution is -2.27. The van der Waals surface area contributed by atoms with Crippen LogP contribution in [0.5, 0.6) is 17.2 Å². The van der Waals surface area contributed by atoms with Gasteiger partial charge in [0.05, 0.1) is 24.3 Å². The molecule has 174 valence electrons. The van der Waals surface area contributed by atoms with E-state index in [1.54, 1.807) is 36.4 Å². The summed E-state index contributed by atoms with van der Waals surface area (Å²) in [5, 5.41) is 0. The molecule has 4 rings (SSSR count). The first-order valence-corrected chi connectivity index (χ1v) is 11.8. The molecule has 1 aliphatic heterocycles. The highest BCUT2D eigenvalue weighted by Crippen LogP contribution is 2.37. The number of hydrogen-bond acceptors (Lipinski definition) is 6. The molecule has 0 saturated carbocycles. The normalized spacial score (nSPS) is 14.6. The highest BCUT2D eigenvalue weighted by Gasteiger charge is 2.33. The topological polar surface area (TPSA) is 48.0 Å². The lowest BCUT2D eigenvalue weighted by atomic mass is 10.1. The van der Waals surface area contributed by atoms with Crippen molar-refractivity contribution in [3.8, 4) is 17.2 Å². The monoisotopic (exact) mass is 495 g/mol. The number of thiocarbonyl (C=S) groups is 1. The molecule has 0 unspecified atom stereocenters. The number of nitrogens with zero attached hydrogens (tertiary/aromatic N) is 1. The van der Waals surface area contributed by atoms with E-state index >= 15 is 0 Å². The van der Waals surface area contributed by atoms with Gasteiger partial charge in [-0.15, -0.1) is 0 Å². The fourth-order valence-electron chi connectivity index (χ4n) is 3.36. The summed E-state index contributed by atoms with van der Waals surface area (Å²) in [6.45, 7) is 2.56. The summed E-state index contributed by atoms with van der Waals surface area (Å²) in [6, 6.07) is 19.0. The molecule has 0 bridgehead atoms. The molecular formula is C26H22FNO4S2. The third-order valence-corrected chi connectivity index (χ3v) is 6.33. The van der Waals surface area contributed by atoms with Gasteiger partial charge < -0.3 is 14.2 Å². The average molecular weight is 496 g/mol. The number of rotatable bonds is 8. The van der Waals surface area contributed by atoms with Crippen LogP contribution in [-0.4, -0.2) is 23.9 Å². The number of carbonyl (C=O) groups is 1. The molecule has 0 radical (unpaired) electrons. The number of anilines is 1. The summed E-state index contributed by atoms with van der Waals surface area (Å²) in [5.74, 6) is 1.17. The third kappa shape index (κ3) is 5.24. The Bertz CT molecular complexity index is 1240. The van der Waals surface area contributed by atoms with Crippen LogP contribution in [0.3, 0.4) is 0 Å². The van der Waals surface area contributed by atoms with Gasteiger partial charge in [0.2, 0.25) is 0 Å². The van der Waals surface area contributed by atoms with E-state index in [1.165, 1.54) is 29.8 Å². The molecule has 34 heavy (non-hydrogen) atoms. The van der Waals surface area contributed by atoms with Crippen LogP contribution >= 0.6 is 24.0 Å². The van der Waals surface area contributed by atoms with E-state index < -0.39 is 0 Å². The van der Waals surface area contributed by atoms with Crippen molar-refractivity contribution >= 4 is 46.0 Å². The highest BCUT2D eigenvalue weighted by atomic mass is 32.2. The Morgan fingerprint density at radius 2 is 1.79 bits per heavy atom. The first kappa shape index (κ1) is 23.8. The minimum absolute atomic E-state index is 0.0725. The van der Waals surface area contributed by atoms with Crippen LogP contribution in [0.15, 0.2) is 71.6 Å². The number of carbonyl (C=O) groups excluding carboxylic acids is 1. The minimum Gasteiger partial charge on any atom is -0.494 e. The first-order valence-electron chi connectivity index (χ1n) is 10.5. The third-order valence-electron chi connectivity index (χ3n) is 5.03. The molecular weight excluding hydrogens is 473 g/mol. The maximum absolute atomic E-state index is 13.9. The van der Waals surface area contributed by atoms with Crippen LogP contribution in [0.2, 0.25) is 0 Å². The quantitative estimate of drug-likeness (QED) is 0.273. The number of thioether (sulfide) groups is 1. The maximum Gasteiger partial charge on any atom is 0.270 e. The second kappa shape index (κ2) is 10.7. The van der Waals surface area contributed by atoms with Gasteiger partial charge in [0, 0.05) is 5.56 Å². The van der Waals surface area contributed by atoms with Gasteiger partial charge in [-0.3, -0.25) is 9.69 Å². The van der Waals surface area contributed by atoms with Crippen molar-refractivity contribution in [1.82, 2.24) is 0 Å². The second-order valence-electron chi connectivity index (χ2n) is 7.23. The summed E-state index contributed by atoms with van der Waals surface area (Å²) in [4.78, 5) is 15.1. The summed E-state index contributed by atoms with van der Waals surface area (Å²) in [7, 11) is 1.53. The number of ether oxygens (including phenoxy) is 3. The van der Waals surface area contributed by atoms with E-state index in [-0.39, 0.29) is 18.3 Å². The van der Waals surface area contributed by atoms with Crippen molar-refractivity contribution in [2.75, 3.05) is 18.6 Å². The smallest absolute Gasteiger partial charge is 0.270 e. The Kier molecular flexibility index (Phi) is 7.49.